The number of anilines is 2. The molecule has 0 saturated carbocycles. The van der Waals surface area contributed by atoms with Crippen LogP contribution in [0.15, 0.2) is 42.5 Å². The second-order valence-electron chi connectivity index (χ2n) is 8.53. The molecule has 0 atom stereocenters. The van der Waals surface area contributed by atoms with Crippen LogP contribution in [0.4, 0.5) is 11.4 Å². The highest BCUT2D eigenvalue weighted by molar-refractivity contribution is 7.80. The number of piperazine rings is 1. The number of thiocarbonyl (C=S) groups is 1. The van der Waals surface area contributed by atoms with Gasteiger partial charge in [-0.1, -0.05) is 13.8 Å². The van der Waals surface area contributed by atoms with Crippen LogP contribution in [0.5, 0.6) is 11.5 Å². The molecule has 34 heavy (non-hydrogen) atoms. The van der Waals surface area contributed by atoms with Crippen molar-refractivity contribution >= 4 is 40.5 Å². The lowest BCUT2D eigenvalue weighted by Crippen LogP contribution is -2.48. The topological polar surface area (TPSA) is 83.1 Å². The van der Waals surface area contributed by atoms with Crippen LogP contribution in [0.1, 0.15) is 30.6 Å². The Balaban J connectivity index is 1.54. The minimum absolute atomic E-state index is 0.0376. The van der Waals surface area contributed by atoms with Crippen molar-refractivity contribution in [2.45, 2.75) is 20.3 Å². The molecule has 1 aliphatic heterocycles. The second kappa shape index (κ2) is 11.7. The van der Waals surface area contributed by atoms with E-state index in [2.05, 4.69) is 15.5 Å². The Hall–Kier alpha value is -3.33. The van der Waals surface area contributed by atoms with Crippen LogP contribution in [0.2, 0.25) is 0 Å². The van der Waals surface area contributed by atoms with Crippen LogP contribution in [-0.4, -0.2) is 62.2 Å². The van der Waals surface area contributed by atoms with Gasteiger partial charge in [0.2, 0.25) is 5.91 Å². The summed E-state index contributed by atoms with van der Waals surface area (Å²) in [7, 11) is 3.14. The van der Waals surface area contributed by atoms with Crippen LogP contribution in [-0.2, 0) is 4.79 Å². The Morgan fingerprint density at radius 3 is 2.09 bits per heavy atom. The molecule has 2 N–H and O–H groups in total. The molecule has 8 nitrogen and oxygen atoms in total. The molecule has 2 aromatic carbocycles. The standard InChI is InChI=1S/C25H32N4O4S/c1-17(2)13-23(30)27-25(34)26-19-5-7-20(8-6-19)28-9-11-29(12-10-28)24(31)18-14-21(32-3)16-22(15-18)33-4/h5-8,14-17H,9-13H2,1-4H3,(H2,26,27,30,34). The number of methoxy groups -OCH3 is 2. The third-order valence-electron chi connectivity index (χ3n) is 5.50. The molecule has 1 fully saturated rings. The summed E-state index contributed by atoms with van der Waals surface area (Å²) < 4.78 is 10.6. The highest BCUT2D eigenvalue weighted by atomic mass is 32.1. The fraction of sp³-hybridized carbons (Fsp3) is 0.400. The van der Waals surface area contributed by atoms with Crippen LogP contribution < -0.4 is 25.0 Å². The van der Waals surface area contributed by atoms with Crippen LogP contribution in [0, 0.1) is 5.92 Å². The third-order valence-corrected chi connectivity index (χ3v) is 5.71. The normalized spacial score (nSPS) is 13.4. The van der Waals surface area contributed by atoms with E-state index in [1.165, 1.54) is 0 Å². The van der Waals surface area contributed by atoms with E-state index in [9.17, 15) is 9.59 Å². The Kier molecular flexibility index (Phi) is 8.70. The van der Waals surface area contributed by atoms with Gasteiger partial charge in [-0.25, -0.2) is 0 Å². The van der Waals surface area contributed by atoms with E-state index in [0.717, 1.165) is 24.5 Å². The minimum atomic E-state index is -0.0936. The number of amides is 2. The first-order chi connectivity index (χ1) is 16.3. The molecule has 0 radical (unpaired) electrons. The Morgan fingerprint density at radius 1 is 0.971 bits per heavy atom. The molecular weight excluding hydrogens is 452 g/mol. The van der Waals surface area contributed by atoms with E-state index >= 15 is 0 Å². The molecule has 0 bridgehead atoms. The van der Waals surface area contributed by atoms with Gasteiger partial charge in [0.15, 0.2) is 5.11 Å². The number of benzene rings is 2. The summed E-state index contributed by atoms with van der Waals surface area (Å²) in [6, 6.07) is 13.1. The van der Waals surface area contributed by atoms with Gasteiger partial charge in [-0.3, -0.25) is 9.59 Å². The lowest BCUT2D eigenvalue weighted by Gasteiger charge is -2.36. The predicted octanol–water partition coefficient (Wildman–Crippen LogP) is 3.53. The van der Waals surface area contributed by atoms with Crippen molar-refractivity contribution in [1.29, 1.82) is 0 Å². The molecule has 0 unspecified atom stereocenters. The average molecular weight is 485 g/mol. The van der Waals surface area contributed by atoms with Gasteiger partial charge in [0, 0.05) is 55.6 Å². The average Bonchev–Trinajstić information content (AvgIpc) is 2.83. The Labute approximate surface area is 206 Å². The van der Waals surface area contributed by atoms with Gasteiger partial charge in [0.25, 0.3) is 5.91 Å². The van der Waals surface area contributed by atoms with E-state index in [1.807, 2.05) is 43.0 Å². The second-order valence-corrected chi connectivity index (χ2v) is 8.94. The van der Waals surface area contributed by atoms with Gasteiger partial charge >= 0.3 is 0 Å². The maximum Gasteiger partial charge on any atom is 0.254 e. The lowest BCUT2D eigenvalue weighted by atomic mass is 10.1. The number of hydrogen-bond acceptors (Lipinski definition) is 6. The maximum atomic E-state index is 13.0. The van der Waals surface area contributed by atoms with E-state index in [4.69, 9.17) is 21.7 Å². The van der Waals surface area contributed by atoms with Gasteiger partial charge in [0.1, 0.15) is 11.5 Å². The number of ether oxygens (including phenoxy) is 2. The monoisotopic (exact) mass is 484 g/mol. The van der Waals surface area contributed by atoms with Crippen LogP contribution >= 0.6 is 12.2 Å². The van der Waals surface area contributed by atoms with Gasteiger partial charge in [0.05, 0.1) is 14.2 Å². The summed E-state index contributed by atoms with van der Waals surface area (Å²) in [5, 5.41) is 6.03. The minimum Gasteiger partial charge on any atom is -0.497 e. The Morgan fingerprint density at radius 2 is 1.56 bits per heavy atom. The number of hydrogen-bond donors (Lipinski definition) is 2. The quantitative estimate of drug-likeness (QED) is 0.582. The molecule has 0 aromatic heterocycles. The molecule has 0 aliphatic carbocycles. The first-order valence-electron chi connectivity index (χ1n) is 11.3. The third kappa shape index (κ3) is 6.84. The van der Waals surface area contributed by atoms with Crippen molar-refractivity contribution < 1.29 is 19.1 Å². The first kappa shape index (κ1) is 25.3. The maximum absolute atomic E-state index is 13.0. The molecular formula is C25H32N4O4S. The van der Waals surface area contributed by atoms with Crippen molar-refractivity contribution in [3.63, 3.8) is 0 Å². The summed E-state index contributed by atoms with van der Waals surface area (Å²) >= 11 is 5.23. The number of nitrogens with zero attached hydrogens (tertiary/aromatic N) is 2. The Bertz CT molecular complexity index is 996. The van der Waals surface area contributed by atoms with E-state index in [0.29, 0.717) is 41.7 Å². The molecule has 0 spiro atoms. The van der Waals surface area contributed by atoms with E-state index < -0.39 is 0 Å². The van der Waals surface area contributed by atoms with Crippen LogP contribution in [0.3, 0.4) is 0 Å². The predicted molar refractivity (Wildman–Crippen MR) is 138 cm³/mol. The van der Waals surface area contributed by atoms with Gasteiger partial charge in [-0.05, 0) is 54.5 Å². The zero-order valence-corrected chi connectivity index (χ0v) is 20.9. The van der Waals surface area contributed by atoms with Gasteiger partial charge < -0.3 is 29.9 Å². The number of rotatable bonds is 7. The zero-order chi connectivity index (χ0) is 24.7. The fourth-order valence-electron chi connectivity index (χ4n) is 3.75. The van der Waals surface area contributed by atoms with Crippen molar-refractivity contribution in [2.24, 2.45) is 5.92 Å². The van der Waals surface area contributed by atoms with Crippen molar-refractivity contribution in [3.05, 3.63) is 48.0 Å². The fourth-order valence-corrected chi connectivity index (χ4v) is 3.98. The smallest absolute Gasteiger partial charge is 0.254 e. The molecule has 1 heterocycles. The molecule has 1 aliphatic rings. The molecule has 1 saturated heterocycles. The number of carbonyl (C=O) groups excluding carboxylic acids is 2. The number of carbonyl (C=O) groups is 2. The van der Waals surface area contributed by atoms with Crippen molar-refractivity contribution in [1.82, 2.24) is 10.2 Å². The largest absolute Gasteiger partial charge is 0.497 e. The molecule has 2 amide bonds. The summed E-state index contributed by atoms with van der Waals surface area (Å²) in [5.41, 5.74) is 2.42. The van der Waals surface area contributed by atoms with Crippen molar-refractivity contribution in [2.75, 3.05) is 50.6 Å². The highest BCUT2D eigenvalue weighted by Crippen LogP contribution is 2.25. The summed E-state index contributed by atoms with van der Waals surface area (Å²) in [4.78, 5) is 29.0. The first-order valence-corrected chi connectivity index (χ1v) is 11.7. The summed E-state index contributed by atoms with van der Waals surface area (Å²) in [5.74, 6) is 1.33. The van der Waals surface area contributed by atoms with Crippen molar-refractivity contribution in [3.8, 4) is 11.5 Å². The van der Waals surface area contributed by atoms with E-state index in [1.54, 1.807) is 32.4 Å². The lowest BCUT2D eigenvalue weighted by molar-refractivity contribution is -0.120. The summed E-state index contributed by atoms with van der Waals surface area (Å²) in [6.07, 6.45) is 0.431. The number of nitrogens with one attached hydrogen (secondary N) is 2. The summed E-state index contributed by atoms with van der Waals surface area (Å²) in [6.45, 7) is 6.65. The van der Waals surface area contributed by atoms with E-state index in [-0.39, 0.29) is 17.7 Å². The highest BCUT2D eigenvalue weighted by Gasteiger charge is 2.23. The molecule has 2 aromatic rings. The SMILES string of the molecule is COc1cc(OC)cc(C(=O)N2CCN(c3ccc(NC(=S)NC(=O)CC(C)C)cc3)CC2)c1. The zero-order valence-electron chi connectivity index (χ0n) is 20.1. The molecule has 182 valence electrons. The van der Waals surface area contributed by atoms with Gasteiger partial charge in [-0.15, -0.1) is 0 Å². The molecule has 3 rings (SSSR count). The van der Waals surface area contributed by atoms with Crippen LogP contribution in [0.25, 0.3) is 0 Å². The molecule has 9 heteroatoms. The van der Waals surface area contributed by atoms with Gasteiger partial charge in [-0.2, -0.15) is 0 Å².